The van der Waals surface area contributed by atoms with Gasteiger partial charge in [-0.05, 0) is 6.42 Å². The molecule has 15 heavy (non-hydrogen) atoms. The molecule has 0 aromatic carbocycles. The zero-order chi connectivity index (χ0) is 10.7. The number of halogens is 1. The van der Waals surface area contributed by atoms with Crippen LogP contribution in [0.4, 0.5) is 5.82 Å². The largest absolute Gasteiger partial charge is 0.350 e. The van der Waals surface area contributed by atoms with E-state index < -0.39 is 0 Å². The van der Waals surface area contributed by atoms with E-state index in [0.717, 1.165) is 31.9 Å². The van der Waals surface area contributed by atoms with Crippen molar-refractivity contribution < 1.29 is 0 Å². The molecule has 0 radical (unpaired) electrons. The van der Waals surface area contributed by atoms with Crippen LogP contribution in [0.2, 0.25) is 5.02 Å². The summed E-state index contributed by atoms with van der Waals surface area (Å²) in [6.07, 6.45) is 4.29. The minimum absolute atomic E-state index is 0.478. The zero-order valence-electron chi connectivity index (χ0n) is 8.78. The van der Waals surface area contributed by atoms with Gasteiger partial charge in [-0.2, -0.15) is 0 Å². The van der Waals surface area contributed by atoms with Crippen LogP contribution in [-0.2, 0) is 0 Å². The highest BCUT2D eigenvalue weighted by molar-refractivity contribution is 6.32. The van der Waals surface area contributed by atoms with Crippen LogP contribution in [0.15, 0.2) is 12.5 Å². The van der Waals surface area contributed by atoms with Gasteiger partial charge in [-0.3, -0.25) is 0 Å². The van der Waals surface area contributed by atoms with Crippen molar-refractivity contribution in [3.05, 3.63) is 17.5 Å². The Morgan fingerprint density at radius 1 is 1.67 bits per heavy atom. The maximum absolute atomic E-state index is 6.09. The van der Waals surface area contributed by atoms with Crippen molar-refractivity contribution in [2.75, 3.05) is 24.5 Å². The molecule has 1 unspecified atom stereocenters. The fourth-order valence-electron chi connectivity index (χ4n) is 1.92. The van der Waals surface area contributed by atoms with E-state index in [4.69, 9.17) is 11.6 Å². The topological polar surface area (TPSA) is 41.0 Å². The molecule has 2 heterocycles. The summed E-state index contributed by atoms with van der Waals surface area (Å²) in [7, 11) is 0. The number of hydrogen-bond acceptors (Lipinski definition) is 4. The lowest BCUT2D eigenvalue weighted by Crippen LogP contribution is -2.51. The fraction of sp³-hybridized carbons (Fsp3) is 0.600. The van der Waals surface area contributed by atoms with Crippen molar-refractivity contribution in [3.63, 3.8) is 0 Å². The van der Waals surface area contributed by atoms with E-state index >= 15 is 0 Å². The van der Waals surface area contributed by atoms with Gasteiger partial charge in [0.2, 0.25) is 0 Å². The summed E-state index contributed by atoms with van der Waals surface area (Å²) in [5.41, 5.74) is 0. The van der Waals surface area contributed by atoms with Crippen molar-refractivity contribution in [2.24, 2.45) is 0 Å². The molecule has 0 amide bonds. The Kier molecular flexibility index (Phi) is 3.38. The molecule has 1 N–H and O–H groups in total. The van der Waals surface area contributed by atoms with Gasteiger partial charge >= 0.3 is 0 Å². The van der Waals surface area contributed by atoms with Gasteiger partial charge in [0.1, 0.15) is 11.3 Å². The van der Waals surface area contributed by atoms with Gasteiger partial charge in [0.25, 0.3) is 0 Å². The van der Waals surface area contributed by atoms with Gasteiger partial charge < -0.3 is 10.2 Å². The molecule has 1 aliphatic rings. The predicted octanol–water partition coefficient (Wildman–Crippen LogP) is 1.32. The zero-order valence-corrected chi connectivity index (χ0v) is 9.54. The smallest absolute Gasteiger partial charge is 0.151 e. The summed E-state index contributed by atoms with van der Waals surface area (Å²) in [4.78, 5) is 10.4. The molecule has 5 heteroatoms. The van der Waals surface area contributed by atoms with Crippen LogP contribution in [0.5, 0.6) is 0 Å². The van der Waals surface area contributed by atoms with E-state index in [1.54, 1.807) is 12.5 Å². The third kappa shape index (κ3) is 2.21. The summed E-state index contributed by atoms with van der Waals surface area (Å²) in [5.74, 6) is 0.861. The third-order valence-electron chi connectivity index (χ3n) is 2.74. The maximum atomic E-state index is 6.09. The average molecular weight is 227 g/mol. The molecule has 1 aromatic rings. The molecule has 0 spiro atoms. The second-order valence-corrected chi connectivity index (χ2v) is 4.06. The van der Waals surface area contributed by atoms with Crippen LogP contribution < -0.4 is 10.2 Å². The molecule has 0 saturated carbocycles. The van der Waals surface area contributed by atoms with Crippen molar-refractivity contribution in [1.29, 1.82) is 0 Å². The molecular formula is C10H15ClN4. The normalized spacial score (nSPS) is 21.7. The van der Waals surface area contributed by atoms with Gasteiger partial charge in [0.05, 0.1) is 6.20 Å². The molecule has 1 aliphatic heterocycles. The molecule has 4 nitrogen and oxygen atoms in total. The van der Waals surface area contributed by atoms with E-state index in [2.05, 4.69) is 27.1 Å². The number of nitrogens with zero attached hydrogens (tertiary/aromatic N) is 3. The highest BCUT2D eigenvalue weighted by Crippen LogP contribution is 2.24. The van der Waals surface area contributed by atoms with E-state index in [1.165, 1.54) is 0 Å². The van der Waals surface area contributed by atoms with Gasteiger partial charge in [-0.1, -0.05) is 18.5 Å². The van der Waals surface area contributed by atoms with Crippen LogP contribution in [0.3, 0.4) is 0 Å². The van der Waals surface area contributed by atoms with Gasteiger partial charge in [-0.25, -0.2) is 9.97 Å². The van der Waals surface area contributed by atoms with E-state index in [-0.39, 0.29) is 0 Å². The SMILES string of the molecule is CCC1CNCCN1c1ncncc1Cl. The third-order valence-corrected chi connectivity index (χ3v) is 3.01. The number of rotatable bonds is 2. The standard InChI is InChI=1S/C10H15ClN4/c1-2-8-5-12-3-4-15(8)10-9(11)6-13-7-14-10/h6-8,12H,2-5H2,1H3. The van der Waals surface area contributed by atoms with Crippen molar-refractivity contribution in [2.45, 2.75) is 19.4 Å². The second-order valence-electron chi connectivity index (χ2n) is 3.65. The minimum Gasteiger partial charge on any atom is -0.350 e. The highest BCUT2D eigenvalue weighted by Gasteiger charge is 2.23. The van der Waals surface area contributed by atoms with Crippen molar-refractivity contribution in [3.8, 4) is 0 Å². The summed E-state index contributed by atoms with van der Waals surface area (Å²) >= 11 is 6.09. The van der Waals surface area contributed by atoms with Gasteiger partial charge in [0, 0.05) is 25.7 Å². The van der Waals surface area contributed by atoms with Gasteiger partial charge in [-0.15, -0.1) is 0 Å². The molecule has 2 rings (SSSR count). The van der Waals surface area contributed by atoms with Crippen LogP contribution >= 0.6 is 11.6 Å². The number of piperazine rings is 1. The molecule has 1 fully saturated rings. The minimum atomic E-state index is 0.478. The van der Waals surface area contributed by atoms with E-state index in [1.807, 2.05) is 0 Å². The fourth-order valence-corrected chi connectivity index (χ4v) is 2.14. The van der Waals surface area contributed by atoms with Crippen LogP contribution in [0, 0.1) is 0 Å². The summed E-state index contributed by atoms with van der Waals surface area (Å²) < 4.78 is 0. The number of aromatic nitrogens is 2. The lowest BCUT2D eigenvalue weighted by atomic mass is 10.1. The molecule has 1 atom stereocenters. The first-order chi connectivity index (χ1) is 7.33. The summed E-state index contributed by atoms with van der Waals surface area (Å²) in [6.45, 7) is 5.11. The first kappa shape index (κ1) is 10.6. The Morgan fingerprint density at radius 2 is 2.53 bits per heavy atom. The average Bonchev–Trinajstić information content (AvgIpc) is 2.30. The van der Waals surface area contributed by atoms with E-state index in [9.17, 15) is 0 Å². The molecule has 0 bridgehead atoms. The number of anilines is 1. The lowest BCUT2D eigenvalue weighted by molar-refractivity contribution is 0.463. The molecule has 1 saturated heterocycles. The Morgan fingerprint density at radius 3 is 3.27 bits per heavy atom. The Balaban J connectivity index is 2.24. The Hall–Kier alpha value is -0.870. The van der Waals surface area contributed by atoms with Gasteiger partial charge in [0.15, 0.2) is 5.82 Å². The first-order valence-corrected chi connectivity index (χ1v) is 5.63. The van der Waals surface area contributed by atoms with Crippen LogP contribution in [-0.4, -0.2) is 35.6 Å². The Labute approximate surface area is 94.7 Å². The van der Waals surface area contributed by atoms with Crippen LogP contribution in [0.25, 0.3) is 0 Å². The highest BCUT2D eigenvalue weighted by atomic mass is 35.5. The monoisotopic (exact) mass is 226 g/mol. The number of hydrogen-bond donors (Lipinski definition) is 1. The van der Waals surface area contributed by atoms with Crippen LogP contribution in [0.1, 0.15) is 13.3 Å². The summed E-state index contributed by atoms with van der Waals surface area (Å²) in [5, 5.41) is 4.01. The van der Waals surface area contributed by atoms with Crippen molar-refractivity contribution >= 4 is 17.4 Å². The second kappa shape index (κ2) is 4.77. The number of nitrogens with one attached hydrogen (secondary N) is 1. The maximum Gasteiger partial charge on any atom is 0.151 e. The molecule has 82 valence electrons. The molecular weight excluding hydrogens is 212 g/mol. The quantitative estimate of drug-likeness (QED) is 0.826. The van der Waals surface area contributed by atoms with E-state index in [0.29, 0.717) is 11.1 Å². The predicted molar refractivity (Wildman–Crippen MR) is 61.3 cm³/mol. The molecule has 1 aromatic heterocycles. The molecule has 0 aliphatic carbocycles. The summed E-state index contributed by atoms with van der Waals surface area (Å²) in [6, 6.07) is 0.478. The van der Waals surface area contributed by atoms with Crippen molar-refractivity contribution in [1.82, 2.24) is 15.3 Å². The lowest BCUT2D eigenvalue weighted by Gasteiger charge is -2.36. The first-order valence-electron chi connectivity index (χ1n) is 5.25. The Bertz CT molecular complexity index is 331.